The zero-order valence-electron chi connectivity index (χ0n) is 12.0. The number of methoxy groups -OCH3 is 1. The first kappa shape index (κ1) is 14.3. The number of rotatable bonds is 5. The number of primary amides is 1. The van der Waals surface area contributed by atoms with E-state index >= 15 is 0 Å². The van der Waals surface area contributed by atoms with Crippen LogP contribution < -0.4 is 5.73 Å². The van der Waals surface area contributed by atoms with Crippen molar-refractivity contribution in [1.82, 2.24) is 9.78 Å². The fraction of sp³-hybridized carbons (Fsp3) is 0.333. The Balaban J connectivity index is 2.36. The van der Waals surface area contributed by atoms with Gasteiger partial charge < -0.3 is 10.5 Å². The number of benzene rings is 1. The van der Waals surface area contributed by atoms with Crippen LogP contribution in [0.15, 0.2) is 24.3 Å². The standard InChI is InChI=1S/C15H19N3O2/c1-10-4-5-12(9-13(10)15(16)19)14-8-11(2)18(17-14)6-7-20-3/h4-5,8-9H,6-7H2,1-3H3,(H2,16,19). The van der Waals surface area contributed by atoms with Gasteiger partial charge in [0.25, 0.3) is 0 Å². The summed E-state index contributed by atoms with van der Waals surface area (Å²) in [7, 11) is 1.67. The third-order valence-electron chi connectivity index (χ3n) is 3.29. The van der Waals surface area contributed by atoms with Gasteiger partial charge in [0.1, 0.15) is 0 Å². The van der Waals surface area contributed by atoms with E-state index in [1.165, 1.54) is 0 Å². The molecule has 0 atom stereocenters. The van der Waals surface area contributed by atoms with Crippen molar-refractivity contribution in [3.63, 3.8) is 0 Å². The Kier molecular flexibility index (Phi) is 4.20. The van der Waals surface area contributed by atoms with Crippen LogP contribution in [0.4, 0.5) is 0 Å². The Morgan fingerprint density at radius 1 is 1.35 bits per heavy atom. The van der Waals surface area contributed by atoms with Crippen LogP contribution in [0.1, 0.15) is 21.6 Å². The van der Waals surface area contributed by atoms with Gasteiger partial charge in [0.05, 0.1) is 18.8 Å². The molecule has 0 saturated heterocycles. The highest BCUT2D eigenvalue weighted by Gasteiger charge is 2.10. The average molecular weight is 273 g/mol. The van der Waals surface area contributed by atoms with Crippen molar-refractivity contribution in [3.8, 4) is 11.3 Å². The molecule has 1 heterocycles. The van der Waals surface area contributed by atoms with Crippen LogP contribution in [-0.4, -0.2) is 29.4 Å². The molecule has 1 aromatic heterocycles. The molecule has 0 fully saturated rings. The average Bonchev–Trinajstić information content (AvgIpc) is 2.78. The maximum absolute atomic E-state index is 11.4. The Hall–Kier alpha value is -2.14. The molecule has 20 heavy (non-hydrogen) atoms. The fourth-order valence-corrected chi connectivity index (χ4v) is 2.10. The molecule has 0 spiro atoms. The highest BCUT2D eigenvalue weighted by molar-refractivity contribution is 5.95. The van der Waals surface area contributed by atoms with Crippen molar-refractivity contribution in [2.45, 2.75) is 20.4 Å². The van der Waals surface area contributed by atoms with Gasteiger partial charge in [-0.15, -0.1) is 0 Å². The van der Waals surface area contributed by atoms with Gasteiger partial charge in [-0.1, -0.05) is 12.1 Å². The highest BCUT2D eigenvalue weighted by Crippen LogP contribution is 2.22. The van der Waals surface area contributed by atoms with E-state index < -0.39 is 5.91 Å². The maximum Gasteiger partial charge on any atom is 0.248 e. The highest BCUT2D eigenvalue weighted by atomic mass is 16.5. The van der Waals surface area contributed by atoms with Gasteiger partial charge in [0.15, 0.2) is 0 Å². The van der Waals surface area contributed by atoms with Gasteiger partial charge in [-0.05, 0) is 31.5 Å². The van der Waals surface area contributed by atoms with Gasteiger partial charge in [-0.25, -0.2) is 0 Å². The van der Waals surface area contributed by atoms with Crippen LogP contribution in [0.3, 0.4) is 0 Å². The summed E-state index contributed by atoms with van der Waals surface area (Å²) in [4.78, 5) is 11.4. The second-order valence-electron chi connectivity index (χ2n) is 4.78. The first-order chi connectivity index (χ1) is 9.52. The lowest BCUT2D eigenvalue weighted by molar-refractivity contribution is 0.1000. The summed E-state index contributed by atoms with van der Waals surface area (Å²) in [5.41, 5.74) is 9.57. The van der Waals surface area contributed by atoms with E-state index in [-0.39, 0.29) is 0 Å². The molecule has 2 aromatic rings. The van der Waals surface area contributed by atoms with E-state index in [2.05, 4.69) is 5.10 Å². The van der Waals surface area contributed by atoms with Gasteiger partial charge in [-0.3, -0.25) is 9.48 Å². The number of carbonyl (C=O) groups excluding carboxylic acids is 1. The van der Waals surface area contributed by atoms with Crippen LogP contribution in [0.5, 0.6) is 0 Å². The fourth-order valence-electron chi connectivity index (χ4n) is 2.10. The molecule has 106 valence electrons. The molecule has 2 rings (SSSR count). The lowest BCUT2D eigenvalue weighted by atomic mass is 10.0. The topological polar surface area (TPSA) is 70.1 Å². The largest absolute Gasteiger partial charge is 0.383 e. The van der Waals surface area contributed by atoms with Gasteiger partial charge >= 0.3 is 0 Å². The molecule has 5 heteroatoms. The van der Waals surface area contributed by atoms with E-state index in [1.54, 1.807) is 13.2 Å². The van der Waals surface area contributed by atoms with Crippen molar-refractivity contribution in [2.75, 3.05) is 13.7 Å². The predicted octanol–water partition coefficient (Wildman–Crippen LogP) is 1.91. The third-order valence-corrected chi connectivity index (χ3v) is 3.29. The zero-order valence-corrected chi connectivity index (χ0v) is 12.0. The molecule has 0 aliphatic heterocycles. The Bertz CT molecular complexity index is 632. The number of nitrogens with two attached hydrogens (primary N) is 1. The van der Waals surface area contributed by atoms with Gasteiger partial charge in [-0.2, -0.15) is 5.10 Å². The summed E-state index contributed by atoms with van der Waals surface area (Å²) >= 11 is 0. The van der Waals surface area contributed by atoms with Crippen molar-refractivity contribution in [2.24, 2.45) is 5.73 Å². The van der Waals surface area contributed by atoms with Crippen molar-refractivity contribution >= 4 is 5.91 Å². The third kappa shape index (κ3) is 2.88. The molecular formula is C15H19N3O2. The minimum absolute atomic E-state index is 0.417. The number of aryl methyl sites for hydroxylation is 2. The summed E-state index contributed by atoms with van der Waals surface area (Å²) in [5.74, 6) is -0.417. The van der Waals surface area contributed by atoms with Crippen molar-refractivity contribution in [1.29, 1.82) is 0 Å². The van der Waals surface area contributed by atoms with Crippen LogP contribution in [-0.2, 0) is 11.3 Å². The monoisotopic (exact) mass is 273 g/mol. The number of carbonyl (C=O) groups is 1. The minimum Gasteiger partial charge on any atom is -0.383 e. The molecule has 0 saturated carbocycles. The first-order valence-corrected chi connectivity index (χ1v) is 6.47. The summed E-state index contributed by atoms with van der Waals surface area (Å²) in [5, 5.41) is 4.53. The number of nitrogens with zero attached hydrogens (tertiary/aromatic N) is 2. The zero-order chi connectivity index (χ0) is 14.7. The Labute approximate surface area is 118 Å². The van der Waals surface area contributed by atoms with E-state index in [4.69, 9.17) is 10.5 Å². The van der Waals surface area contributed by atoms with E-state index in [0.717, 1.165) is 22.5 Å². The molecule has 0 radical (unpaired) electrons. The number of hydrogen-bond acceptors (Lipinski definition) is 3. The van der Waals surface area contributed by atoms with Crippen molar-refractivity contribution in [3.05, 3.63) is 41.1 Å². The molecule has 1 amide bonds. The molecule has 0 bridgehead atoms. The summed E-state index contributed by atoms with van der Waals surface area (Å²) < 4.78 is 6.95. The number of ether oxygens (including phenoxy) is 1. The van der Waals surface area contributed by atoms with Crippen LogP contribution in [0, 0.1) is 13.8 Å². The quantitative estimate of drug-likeness (QED) is 0.904. The van der Waals surface area contributed by atoms with Crippen LogP contribution >= 0.6 is 0 Å². The lowest BCUT2D eigenvalue weighted by Crippen LogP contribution is -2.12. The lowest BCUT2D eigenvalue weighted by Gasteiger charge is -2.04. The summed E-state index contributed by atoms with van der Waals surface area (Å²) in [6.45, 7) is 5.18. The summed E-state index contributed by atoms with van der Waals surface area (Å²) in [6.07, 6.45) is 0. The van der Waals surface area contributed by atoms with E-state index in [9.17, 15) is 4.79 Å². The number of hydrogen-bond donors (Lipinski definition) is 1. The second kappa shape index (κ2) is 5.88. The second-order valence-corrected chi connectivity index (χ2v) is 4.78. The van der Waals surface area contributed by atoms with Crippen LogP contribution in [0.2, 0.25) is 0 Å². The smallest absolute Gasteiger partial charge is 0.248 e. The molecule has 2 N–H and O–H groups in total. The van der Waals surface area contributed by atoms with Crippen molar-refractivity contribution < 1.29 is 9.53 Å². The normalized spacial score (nSPS) is 10.8. The SMILES string of the molecule is COCCn1nc(-c2ccc(C)c(C(N)=O)c2)cc1C. The van der Waals surface area contributed by atoms with Gasteiger partial charge in [0, 0.05) is 23.9 Å². The maximum atomic E-state index is 11.4. The predicted molar refractivity (Wildman–Crippen MR) is 77.5 cm³/mol. The van der Waals surface area contributed by atoms with E-state index in [1.807, 2.05) is 36.7 Å². The molecule has 1 aromatic carbocycles. The van der Waals surface area contributed by atoms with Gasteiger partial charge in [0.2, 0.25) is 5.91 Å². The first-order valence-electron chi connectivity index (χ1n) is 6.47. The minimum atomic E-state index is -0.417. The molecular weight excluding hydrogens is 254 g/mol. The summed E-state index contributed by atoms with van der Waals surface area (Å²) in [6, 6.07) is 7.62. The molecule has 0 aliphatic carbocycles. The number of aromatic nitrogens is 2. The number of amides is 1. The Morgan fingerprint density at radius 2 is 2.10 bits per heavy atom. The van der Waals surface area contributed by atoms with E-state index in [0.29, 0.717) is 18.7 Å². The molecule has 0 unspecified atom stereocenters. The Morgan fingerprint density at radius 3 is 2.75 bits per heavy atom. The van der Waals surface area contributed by atoms with Crippen LogP contribution in [0.25, 0.3) is 11.3 Å². The molecule has 5 nitrogen and oxygen atoms in total. The molecule has 0 aliphatic rings.